The van der Waals surface area contributed by atoms with Crippen LogP contribution in [0.25, 0.3) is 10.9 Å². The van der Waals surface area contributed by atoms with Gasteiger partial charge in [0.1, 0.15) is 5.82 Å². The normalized spacial score (nSPS) is 17.6. The highest BCUT2D eigenvalue weighted by Gasteiger charge is 2.38. The molecular weight excluding hydrogens is 632 g/mol. The molecule has 14 heteroatoms. The molecule has 0 spiro atoms. The maximum Gasteiger partial charge on any atom is 0.416 e. The molecule has 0 amide bonds. The molecule has 1 heterocycles. The summed E-state index contributed by atoms with van der Waals surface area (Å²) < 4.78 is 107. The van der Waals surface area contributed by atoms with Gasteiger partial charge >= 0.3 is 12.4 Å². The minimum Gasteiger partial charge on any atom is -0.355 e. The fourth-order valence-electron chi connectivity index (χ4n) is 5.63. The maximum atomic E-state index is 13.2. The highest BCUT2D eigenvalue weighted by atomic mass is 32.2. The molecule has 0 bridgehead atoms. The molecule has 1 aliphatic rings. The molecule has 0 radical (unpaired) electrons. The summed E-state index contributed by atoms with van der Waals surface area (Å²) in [5.41, 5.74) is -1.42. The molecule has 7 nitrogen and oxygen atoms in total. The number of rotatable bonds is 10. The zero-order valence-electron chi connectivity index (χ0n) is 24.9. The fourth-order valence-corrected chi connectivity index (χ4v) is 6.82. The van der Waals surface area contributed by atoms with E-state index in [1.807, 2.05) is 49.5 Å². The quantitative estimate of drug-likeness (QED) is 0.171. The summed E-state index contributed by atoms with van der Waals surface area (Å²) in [5, 5.41) is 4.27. The zero-order chi connectivity index (χ0) is 33.1. The van der Waals surface area contributed by atoms with Gasteiger partial charge in [0.2, 0.25) is 16.0 Å². The molecule has 2 N–H and O–H groups in total. The molecule has 0 saturated heterocycles. The molecule has 46 heavy (non-hydrogen) atoms. The van der Waals surface area contributed by atoms with Crippen molar-refractivity contribution < 1.29 is 34.8 Å². The first-order chi connectivity index (χ1) is 21.7. The summed E-state index contributed by atoms with van der Waals surface area (Å²) in [7, 11) is -2.64. The average molecular weight is 666 g/mol. The first kappa shape index (κ1) is 33.5. The first-order valence-corrected chi connectivity index (χ1v) is 16.2. The number of aromatic nitrogens is 2. The lowest BCUT2D eigenvalue weighted by Gasteiger charge is -2.29. The van der Waals surface area contributed by atoms with Crippen LogP contribution in [0.5, 0.6) is 0 Å². The van der Waals surface area contributed by atoms with E-state index in [2.05, 4.69) is 32.1 Å². The SMILES string of the molecule is CN(Cc1ccccc1)c1nc(NC[C@H]2CC[C@H](CNS(=O)(=O)c3cc(C(F)(F)F)cc(C(F)(F)F)c3)CC2)nc2ccccc12. The Morgan fingerprint density at radius 3 is 1.96 bits per heavy atom. The second kappa shape index (κ2) is 13.4. The van der Waals surface area contributed by atoms with E-state index >= 15 is 0 Å². The van der Waals surface area contributed by atoms with Crippen LogP contribution in [0, 0.1) is 11.8 Å². The number of halogens is 6. The van der Waals surface area contributed by atoms with Gasteiger partial charge in [-0.1, -0.05) is 42.5 Å². The molecule has 4 aromatic rings. The number of hydrogen-bond acceptors (Lipinski definition) is 6. The molecule has 5 rings (SSSR count). The zero-order valence-corrected chi connectivity index (χ0v) is 25.7. The third-order valence-electron chi connectivity index (χ3n) is 8.16. The highest BCUT2D eigenvalue weighted by molar-refractivity contribution is 7.89. The number of benzene rings is 3. The minimum absolute atomic E-state index is 0.0923. The van der Waals surface area contributed by atoms with E-state index in [0.29, 0.717) is 31.9 Å². The Hall–Kier alpha value is -3.91. The van der Waals surface area contributed by atoms with Gasteiger partial charge in [0.25, 0.3) is 0 Å². The van der Waals surface area contributed by atoms with Crippen LogP contribution in [0.3, 0.4) is 0 Å². The molecule has 0 aliphatic heterocycles. The van der Waals surface area contributed by atoms with E-state index in [9.17, 15) is 34.8 Å². The lowest BCUT2D eigenvalue weighted by atomic mass is 9.82. The van der Waals surface area contributed by atoms with Gasteiger partial charge in [0, 0.05) is 32.1 Å². The number of para-hydroxylation sites is 1. The lowest BCUT2D eigenvalue weighted by molar-refractivity contribution is -0.143. The van der Waals surface area contributed by atoms with E-state index in [-0.39, 0.29) is 36.6 Å². The Labute approximate surface area is 263 Å². The number of anilines is 2. The third kappa shape index (κ3) is 8.27. The van der Waals surface area contributed by atoms with Crippen LogP contribution in [-0.4, -0.2) is 38.5 Å². The Morgan fingerprint density at radius 1 is 0.783 bits per heavy atom. The standard InChI is InChI=1S/C32H33F6N5O2S/c1-43(20-23-7-3-2-4-8-23)29-27-9-5-6-10-28(27)41-30(42-29)39-18-21-11-13-22(14-12-21)19-40-46(44,45)26-16-24(31(33,34)35)15-25(17-26)32(36,37)38/h2-10,15-17,21-22,40H,11-14,18-20H2,1H3,(H,39,41,42)/t21-,22-. The molecule has 1 aliphatic carbocycles. The molecule has 1 saturated carbocycles. The second-order valence-corrected chi connectivity index (χ2v) is 13.4. The van der Waals surface area contributed by atoms with Crippen LogP contribution in [0.1, 0.15) is 42.4 Å². The van der Waals surface area contributed by atoms with Crippen LogP contribution in [0.15, 0.2) is 77.7 Å². The van der Waals surface area contributed by atoms with E-state index in [1.54, 1.807) is 0 Å². The van der Waals surface area contributed by atoms with Crippen LogP contribution in [0.4, 0.5) is 38.1 Å². The van der Waals surface area contributed by atoms with E-state index in [0.717, 1.165) is 35.1 Å². The van der Waals surface area contributed by atoms with E-state index < -0.39 is 38.4 Å². The van der Waals surface area contributed by atoms with Crippen molar-refractivity contribution in [2.75, 3.05) is 30.4 Å². The number of fused-ring (bicyclic) bond motifs is 1. The fraction of sp³-hybridized carbons (Fsp3) is 0.375. The summed E-state index contributed by atoms with van der Waals surface area (Å²) in [4.78, 5) is 10.5. The smallest absolute Gasteiger partial charge is 0.355 e. The molecule has 0 unspecified atom stereocenters. The Bertz CT molecular complexity index is 1730. The van der Waals surface area contributed by atoms with Crippen molar-refractivity contribution in [2.24, 2.45) is 11.8 Å². The van der Waals surface area contributed by atoms with Crippen molar-refractivity contribution >= 4 is 32.7 Å². The van der Waals surface area contributed by atoms with Crippen molar-refractivity contribution in [3.8, 4) is 0 Å². The average Bonchev–Trinajstić information content (AvgIpc) is 3.02. The topological polar surface area (TPSA) is 87.2 Å². The Morgan fingerprint density at radius 2 is 1.35 bits per heavy atom. The Kier molecular flexibility index (Phi) is 9.78. The number of sulfonamides is 1. The van der Waals surface area contributed by atoms with Gasteiger partial charge in [-0.3, -0.25) is 0 Å². The predicted molar refractivity (Wildman–Crippen MR) is 164 cm³/mol. The summed E-state index contributed by atoms with van der Waals surface area (Å²) in [5.74, 6) is 1.40. The summed E-state index contributed by atoms with van der Waals surface area (Å²) in [6, 6.07) is 18.2. The molecule has 0 atom stereocenters. The van der Waals surface area contributed by atoms with Crippen molar-refractivity contribution in [2.45, 2.75) is 49.5 Å². The molecular formula is C32H33F6N5O2S. The minimum atomic E-state index is -5.14. The molecule has 246 valence electrons. The van der Waals surface area contributed by atoms with Gasteiger partial charge in [0.15, 0.2) is 0 Å². The van der Waals surface area contributed by atoms with Crippen LogP contribution in [-0.2, 0) is 28.9 Å². The lowest BCUT2D eigenvalue weighted by Crippen LogP contribution is -2.32. The number of nitrogens with zero attached hydrogens (tertiary/aromatic N) is 3. The van der Waals surface area contributed by atoms with Crippen molar-refractivity contribution in [3.63, 3.8) is 0 Å². The molecule has 1 aromatic heterocycles. The number of nitrogens with one attached hydrogen (secondary N) is 2. The monoisotopic (exact) mass is 665 g/mol. The van der Waals surface area contributed by atoms with Gasteiger partial charge in [-0.2, -0.15) is 31.3 Å². The van der Waals surface area contributed by atoms with Crippen molar-refractivity contribution in [1.82, 2.24) is 14.7 Å². The third-order valence-corrected chi connectivity index (χ3v) is 9.56. The van der Waals surface area contributed by atoms with Gasteiger partial charge in [-0.15, -0.1) is 0 Å². The second-order valence-electron chi connectivity index (χ2n) is 11.6. The van der Waals surface area contributed by atoms with Crippen LogP contribution < -0.4 is 14.9 Å². The highest BCUT2D eigenvalue weighted by Crippen LogP contribution is 2.37. The van der Waals surface area contributed by atoms with Gasteiger partial charge < -0.3 is 10.2 Å². The predicted octanol–water partition coefficient (Wildman–Crippen LogP) is 7.50. The van der Waals surface area contributed by atoms with Gasteiger partial charge in [-0.05, 0) is 73.4 Å². The summed E-state index contributed by atoms with van der Waals surface area (Å²) in [6.07, 6.45) is -7.53. The molecule has 1 fully saturated rings. The number of hydrogen-bond donors (Lipinski definition) is 2. The Balaban J connectivity index is 1.18. The van der Waals surface area contributed by atoms with Crippen LogP contribution in [0.2, 0.25) is 0 Å². The van der Waals surface area contributed by atoms with Crippen molar-refractivity contribution in [1.29, 1.82) is 0 Å². The summed E-state index contributed by atoms with van der Waals surface area (Å²) in [6.45, 7) is 1.15. The largest absolute Gasteiger partial charge is 0.416 e. The van der Waals surface area contributed by atoms with Gasteiger partial charge in [0.05, 0.1) is 21.5 Å². The maximum absolute atomic E-state index is 13.2. The molecule has 3 aromatic carbocycles. The first-order valence-electron chi connectivity index (χ1n) is 14.7. The summed E-state index contributed by atoms with van der Waals surface area (Å²) >= 11 is 0. The van der Waals surface area contributed by atoms with E-state index in [4.69, 9.17) is 4.98 Å². The van der Waals surface area contributed by atoms with Crippen LogP contribution >= 0.6 is 0 Å². The van der Waals surface area contributed by atoms with Gasteiger partial charge in [-0.25, -0.2) is 18.1 Å². The number of alkyl halides is 6. The van der Waals surface area contributed by atoms with Crippen molar-refractivity contribution in [3.05, 3.63) is 89.5 Å². The van der Waals surface area contributed by atoms with E-state index in [1.165, 1.54) is 0 Å².